The first-order chi connectivity index (χ1) is 14.6. The normalized spacial score (nSPS) is 10.7. The summed E-state index contributed by atoms with van der Waals surface area (Å²) in [4.78, 5) is 0. The number of ether oxygens (including phenoxy) is 3. The molecule has 0 aliphatic heterocycles. The van der Waals surface area contributed by atoms with E-state index in [0.29, 0.717) is 0 Å². The predicted molar refractivity (Wildman–Crippen MR) is 121 cm³/mol. The van der Waals surface area contributed by atoms with Crippen LogP contribution in [-0.2, 0) is 7.05 Å². The molecule has 30 heavy (non-hydrogen) atoms. The second-order valence-corrected chi connectivity index (χ2v) is 7.05. The maximum Gasteiger partial charge on any atom is 0.119 e. The molecule has 0 aliphatic carbocycles. The van der Waals surface area contributed by atoms with Gasteiger partial charge in [0.2, 0.25) is 0 Å². The Balaban J connectivity index is 1.97. The summed E-state index contributed by atoms with van der Waals surface area (Å²) < 4.78 is 18.6. The third-order valence-corrected chi connectivity index (χ3v) is 5.32. The van der Waals surface area contributed by atoms with Crippen LogP contribution >= 0.6 is 0 Å². The minimum atomic E-state index is 0.827. The quantitative estimate of drug-likeness (QED) is 0.395. The SMILES string of the molecule is COc1cccc(-c2cc(-c3cccc(OC)c3)n(C)c2-c2cccc(OC)c2)c1. The lowest BCUT2D eigenvalue weighted by Gasteiger charge is -2.12. The molecule has 0 saturated heterocycles. The minimum Gasteiger partial charge on any atom is -0.497 e. The first kappa shape index (κ1) is 19.6. The van der Waals surface area contributed by atoms with Crippen LogP contribution in [0.2, 0.25) is 0 Å². The molecule has 0 bridgehead atoms. The molecule has 0 fully saturated rings. The van der Waals surface area contributed by atoms with Gasteiger partial charge in [0.05, 0.1) is 27.0 Å². The van der Waals surface area contributed by atoms with Gasteiger partial charge in [-0.15, -0.1) is 0 Å². The van der Waals surface area contributed by atoms with Gasteiger partial charge in [-0.25, -0.2) is 0 Å². The smallest absolute Gasteiger partial charge is 0.119 e. The topological polar surface area (TPSA) is 32.6 Å². The Kier molecular flexibility index (Phi) is 5.48. The Hall–Kier alpha value is -3.66. The van der Waals surface area contributed by atoms with Crippen LogP contribution in [0, 0.1) is 0 Å². The number of benzene rings is 3. The maximum atomic E-state index is 5.47. The molecule has 4 rings (SSSR count). The second-order valence-electron chi connectivity index (χ2n) is 7.05. The molecule has 4 nitrogen and oxygen atoms in total. The third kappa shape index (κ3) is 3.64. The van der Waals surface area contributed by atoms with Gasteiger partial charge in [0.15, 0.2) is 0 Å². The molecule has 0 amide bonds. The monoisotopic (exact) mass is 399 g/mol. The highest BCUT2D eigenvalue weighted by molar-refractivity contribution is 5.87. The molecule has 1 heterocycles. The second kappa shape index (κ2) is 8.37. The fourth-order valence-electron chi connectivity index (χ4n) is 3.79. The molecule has 0 unspecified atom stereocenters. The van der Waals surface area contributed by atoms with Crippen LogP contribution in [-0.4, -0.2) is 25.9 Å². The zero-order valence-corrected chi connectivity index (χ0v) is 17.7. The van der Waals surface area contributed by atoms with Gasteiger partial charge in [0.25, 0.3) is 0 Å². The molecule has 3 aromatic carbocycles. The van der Waals surface area contributed by atoms with E-state index in [9.17, 15) is 0 Å². The van der Waals surface area contributed by atoms with Gasteiger partial charge in [-0.2, -0.15) is 0 Å². The third-order valence-electron chi connectivity index (χ3n) is 5.32. The summed E-state index contributed by atoms with van der Waals surface area (Å²) >= 11 is 0. The van der Waals surface area contributed by atoms with Crippen LogP contribution < -0.4 is 14.2 Å². The van der Waals surface area contributed by atoms with E-state index in [1.165, 1.54) is 0 Å². The predicted octanol–water partition coefficient (Wildman–Crippen LogP) is 6.05. The van der Waals surface area contributed by atoms with E-state index in [1.54, 1.807) is 21.3 Å². The minimum absolute atomic E-state index is 0.827. The molecule has 1 aromatic heterocycles. The summed E-state index contributed by atoms with van der Waals surface area (Å²) in [5.74, 6) is 2.49. The molecule has 152 valence electrons. The van der Waals surface area contributed by atoms with E-state index < -0.39 is 0 Å². The molecule has 0 N–H and O–H groups in total. The fourth-order valence-corrected chi connectivity index (χ4v) is 3.79. The van der Waals surface area contributed by atoms with Gasteiger partial charge in [-0.3, -0.25) is 0 Å². The van der Waals surface area contributed by atoms with Gasteiger partial charge in [0.1, 0.15) is 17.2 Å². The lowest BCUT2D eigenvalue weighted by atomic mass is 10.0. The van der Waals surface area contributed by atoms with Gasteiger partial charge >= 0.3 is 0 Å². The molecule has 4 heteroatoms. The number of hydrogen-bond acceptors (Lipinski definition) is 3. The summed E-state index contributed by atoms with van der Waals surface area (Å²) in [6.45, 7) is 0. The van der Waals surface area contributed by atoms with Crippen LogP contribution in [0.3, 0.4) is 0 Å². The van der Waals surface area contributed by atoms with Crippen molar-refractivity contribution in [2.24, 2.45) is 7.05 Å². The van der Waals surface area contributed by atoms with E-state index >= 15 is 0 Å². The maximum absolute atomic E-state index is 5.47. The molecule has 0 atom stereocenters. The molecule has 0 spiro atoms. The zero-order chi connectivity index (χ0) is 21.1. The van der Waals surface area contributed by atoms with E-state index in [4.69, 9.17) is 14.2 Å². The van der Waals surface area contributed by atoms with Gasteiger partial charge < -0.3 is 18.8 Å². The number of hydrogen-bond donors (Lipinski definition) is 0. The van der Waals surface area contributed by atoms with Crippen molar-refractivity contribution in [3.8, 4) is 50.9 Å². The summed E-state index contributed by atoms with van der Waals surface area (Å²) in [5.41, 5.74) is 6.61. The largest absolute Gasteiger partial charge is 0.497 e. The summed E-state index contributed by atoms with van der Waals surface area (Å²) in [6.07, 6.45) is 0. The average Bonchev–Trinajstić information content (AvgIpc) is 3.16. The number of nitrogens with zero attached hydrogens (tertiary/aromatic N) is 1. The Morgan fingerprint density at radius 1 is 0.567 bits per heavy atom. The Morgan fingerprint density at radius 3 is 1.60 bits per heavy atom. The Morgan fingerprint density at radius 2 is 1.03 bits per heavy atom. The van der Waals surface area contributed by atoms with Crippen LogP contribution in [0.1, 0.15) is 0 Å². The molecule has 0 radical (unpaired) electrons. The first-order valence-corrected chi connectivity index (χ1v) is 9.77. The van der Waals surface area contributed by atoms with Crippen LogP contribution in [0.15, 0.2) is 78.9 Å². The highest BCUT2D eigenvalue weighted by Gasteiger charge is 2.18. The summed E-state index contributed by atoms with van der Waals surface area (Å²) in [7, 11) is 7.16. The highest BCUT2D eigenvalue weighted by Crippen LogP contribution is 2.40. The number of aromatic nitrogens is 1. The lowest BCUT2D eigenvalue weighted by molar-refractivity contribution is 0.415. The van der Waals surface area contributed by atoms with Crippen molar-refractivity contribution in [3.63, 3.8) is 0 Å². The molecular weight excluding hydrogens is 374 g/mol. The standard InChI is InChI=1S/C26H25NO3/c1-27-25(19-9-6-12-22(15-19)29-3)17-24(18-8-5-11-21(14-18)28-2)26(27)20-10-7-13-23(16-20)30-4/h5-17H,1-4H3. The zero-order valence-electron chi connectivity index (χ0n) is 17.7. The van der Waals surface area contributed by atoms with Gasteiger partial charge in [-0.05, 0) is 48.0 Å². The van der Waals surface area contributed by atoms with Gasteiger partial charge in [0, 0.05) is 29.4 Å². The van der Waals surface area contributed by atoms with Crippen molar-refractivity contribution in [1.29, 1.82) is 0 Å². The Bertz CT molecular complexity index is 1180. The lowest BCUT2D eigenvalue weighted by Crippen LogP contribution is -1.96. The van der Waals surface area contributed by atoms with Crippen molar-refractivity contribution in [2.75, 3.05) is 21.3 Å². The van der Waals surface area contributed by atoms with Crippen molar-refractivity contribution >= 4 is 0 Å². The van der Waals surface area contributed by atoms with E-state index in [0.717, 1.165) is 50.9 Å². The Labute approximate surface area is 177 Å². The molecule has 4 aromatic rings. The molecule has 0 saturated carbocycles. The average molecular weight is 399 g/mol. The van der Waals surface area contributed by atoms with Crippen molar-refractivity contribution < 1.29 is 14.2 Å². The molecular formula is C26H25NO3. The highest BCUT2D eigenvalue weighted by atomic mass is 16.5. The van der Waals surface area contributed by atoms with Crippen LogP contribution in [0.4, 0.5) is 0 Å². The first-order valence-electron chi connectivity index (χ1n) is 9.77. The van der Waals surface area contributed by atoms with E-state index in [-0.39, 0.29) is 0 Å². The van der Waals surface area contributed by atoms with Crippen molar-refractivity contribution in [2.45, 2.75) is 0 Å². The number of methoxy groups -OCH3 is 3. The summed E-state index contributed by atoms with van der Waals surface area (Å²) in [5, 5.41) is 0. The molecule has 0 aliphatic rings. The number of rotatable bonds is 6. The van der Waals surface area contributed by atoms with Gasteiger partial charge in [-0.1, -0.05) is 36.4 Å². The van der Waals surface area contributed by atoms with Crippen molar-refractivity contribution in [1.82, 2.24) is 4.57 Å². The van der Waals surface area contributed by atoms with Crippen LogP contribution in [0.25, 0.3) is 33.6 Å². The van der Waals surface area contributed by atoms with E-state index in [2.05, 4.69) is 54.1 Å². The fraction of sp³-hybridized carbons (Fsp3) is 0.154. The van der Waals surface area contributed by atoms with Crippen LogP contribution in [0.5, 0.6) is 17.2 Å². The van der Waals surface area contributed by atoms with E-state index in [1.807, 2.05) is 36.4 Å². The summed E-state index contributed by atoms with van der Waals surface area (Å²) in [6, 6.07) is 26.6. The van der Waals surface area contributed by atoms with Crippen molar-refractivity contribution in [3.05, 3.63) is 78.9 Å².